The van der Waals surface area contributed by atoms with Crippen LogP contribution in [-0.4, -0.2) is 27.4 Å². The molecule has 5 nitrogen and oxygen atoms in total. The number of unbranched alkanes of at least 4 members (excludes halogenated alkanes) is 2. The Morgan fingerprint density at radius 3 is 2.38 bits per heavy atom. The molecule has 0 atom stereocenters. The summed E-state index contributed by atoms with van der Waals surface area (Å²) in [4.78, 5) is 11.1. The van der Waals surface area contributed by atoms with Crippen LogP contribution in [0.3, 0.4) is 0 Å². The zero-order chi connectivity index (χ0) is 16.3. The average molecular weight is 334 g/mol. The van der Waals surface area contributed by atoms with E-state index in [1.807, 2.05) is 0 Å². The number of nitrogens with zero attached hydrogens (tertiary/aromatic N) is 1. The van der Waals surface area contributed by atoms with Crippen molar-refractivity contribution in [2.24, 2.45) is 4.36 Å². The number of rotatable bonds is 5. The molecule has 0 saturated heterocycles. The first-order chi connectivity index (χ1) is 9.96. The molecule has 0 heterocycles. The van der Waals surface area contributed by atoms with Crippen molar-refractivity contribution in [1.29, 1.82) is 0 Å². The maximum Gasteiger partial charge on any atom is 0.337 e. The van der Waals surface area contributed by atoms with Gasteiger partial charge in [-0.15, -0.1) is 16.0 Å². The smallest absolute Gasteiger partial charge is 0.337 e. The molecular weight excluding hydrogens is 314 g/mol. The highest BCUT2D eigenvalue weighted by Gasteiger charge is 2.06. The van der Waals surface area contributed by atoms with Crippen LogP contribution in [0.4, 0.5) is 5.69 Å². The van der Waals surface area contributed by atoms with E-state index in [0.29, 0.717) is 16.8 Å². The monoisotopic (exact) mass is 333 g/mol. The highest BCUT2D eigenvalue weighted by Crippen LogP contribution is 2.19. The molecule has 0 bridgehead atoms. The fourth-order valence-corrected chi connectivity index (χ4v) is 1.98. The van der Waals surface area contributed by atoms with Gasteiger partial charge in [0.15, 0.2) is 0 Å². The summed E-state index contributed by atoms with van der Waals surface area (Å²) in [6.45, 7) is 3.84. The molecule has 0 unspecified atom stereocenters. The Morgan fingerprint density at radius 1 is 1.33 bits per heavy atom. The zero-order valence-corrected chi connectivity index (χ0v) is 14.0. The van der Waals surface area contributed by atoms with E-state index < -0.39 is 16.5 Å². The standard InChI is InChI=1S/C9H9NO4S.C5H11Cl/c1-6-5-7(9(11)14-2)3-4-8(6)10-15(12)13;1-2-3-4-5-6/h3-5H,1-2H3;2-5H2,1H3. The lowest BCUT2D eigenvalue weighted by atomic mass is 10.1. The number of hydrogen-bond donors (Lipinski definition) is 0. The van der Waals surface area contributed by atoms with E-state index in [4.69, 9.17) is 11.6 Å². The lowest BCUT2D eigenvalue weighted by molar-refractivity contribution is 0.0600. The second-order valence-electron chi connectivity index (χ2n) is 4.20. The molecule has 7 heteroatoms. The molecule has 0 amide bonds. The molecule has 0 radical (unpaired) electrons. The van der Waals surface area contributed by atoms with E-state index in [1.54, 1.807) is 6.92 Å². The normalized spacial score (nSPS) is 9.33. The van der Waals surface area contributed by atoms with Crippen molar-refractivity contribution in [2.75, 3.05) is 13.0 Å². The van der Waals surface area contributed by atoms with E-state index in [9.17, 15) is 13.2 Å². The van der Waals surface area contributed by atoms with Crippen LogP contribution < -0.4 is 0 Å². The summed E-state index contributed by atoms with van der Waals surface area (Å²) in [5.41, 5.74) is 1.28. The summed E-state index contributed by atoms with van der Waals surface area (Å²) in [7, 11) is -1.21. The summed E-state index contributed by atoms with van der Waals surface area (Å²) in [5.74, 6) is 0.362. The van der Waals surface area contributed by atoms with Gasteiger partial charge in [0.05, 0.1) is 18.4 Å². The van der Waals surface area contributed by atoms with Gasteiger partial charge in [0.1, 0.15) is 0 Å². The van der Waals surface area contributed by atoms with Gasteiger partial charge < -0.3 is 4.74 Å². The van der Waals surface area contributed by atoms with E-state index in [2.05, 4.69) is 16.0 Å². The van der Waals surface area contributed by atoms with Crippen LogP contribution in [0.25, 0.3) is 0 Å². The largest absolute Gasteiger partial charge is 0.465 e. The van der Waals surface area contributed by atoms with Crippen molar-refractivity contribution in [3.05, 3.63) is 29.3 Å². The molecule has 21 heavy (non-hydrogen) atoms. The maximum absolute atomic E-state index is 11.1. The Labute approximate surface area is 132 Å². The maximum atomic E-state index is 11.1. The van der Waals surface area contributed by atoms with Crippen LogP contribution in [0.1, 0.15) is 42.1 Å². The molecular formula is C14H20ClNO4S. The molecule has 0 aliphatic rings. The molecule has 0 spiro atoms. The lowest BCUT2D eigenvalue weighted by Crippen LogP contribution is -2.00. The molecule has 118 valence electrons. The molecule has 0 aliphatic carbocycles. The van der Waals surface area contributed by atoms with Gasteiger partial charge in [0, 0.05) is 5.88 Å². The van der Waals surface area contributed by atoms with Crippen molar-refractivity contribution in [1.82, 2.24) is 0 Å². The number of esters is 1. The van der Waals surface area contributed by atoms with Gasteiger partial charge in [-0.25, -0.2) is 4.79 Å². The zero-order valence-electron chi connectivity index (χ0n) is 12.4. The Bertz CT molecular complexity index is 573. The molecule has 0 saturated carbocycles. The number of aryl methyl sites for hydroxylation is 1. The molecule has 1 aromatic carbocycles. The number of alkyl halides is 1. The topological polar surface area (TPSA) is 72.8 Å². The van der Waals surface area contributed by atoms with Gasteiger partial charge in [-0.3, -0.25) is 0 Å². The van der Waals surface area contributed by atoms with Gasteiger partial charge in [0.2, 0.25) is 0 Å². The summed E-state index contributed by atoms with van der Waals surface area (Å²) in [6.07, 6.45) is 3.73. The first-order valence-corrected chi connectivity index (χ1v) is 8.08. The fourth-order valence-electron chi connectivity index (χ4n) is 1.43. The van der Waals surface area contributed by atoms with Gasteiger partial charge in [-0.05, 0) is 37.1 Å². The second-order valence-corrected chi connectivity index (χ2v) is 5.19. The summed E-state index contributed by atoms with van der Waals surface area (Å²) >= 11 is 5.38. The highest BCUT2D eigenvalue weighted by atomic mass is 35.5. The number of benzene rings is 1. The van der Waals surface area contributed by atoms with E-state index in [0.717, 1.165) is 5.88 Å². The third-order valence-corrected chi connectivity index (χ3v) is 3.14. The lowest BCUT2D eigenvalue weighted by Gasteiger charge is -2.01. The third kappa shape index (κ3) is 8.47. The van der Waals surface area contributed by atoms with Crippen molar-refractivity contribution >= 4 is 33.8 Å². The molecule has 0 aliphatic heterocycles. The van der Waals surface area contributed by atoms with E-state index in [-0.39, 0.29) is 0 Å². The number of carbonyl (C=O) groups excluding carboxylic acids is 1. The summed E-state index contributed by atoms with van der Waals surface area (Å²) < 4.78 is 28.5. The molecule has 1 rings (SSSR count). The Kier molecular flexibility index (Phi) is 10.5. The summed E-state index contributed by atoms with van der Waals surface area (Å²) in [5, 5.41) is 0. The molecule has 0 aromatic heterocycles. The quantitative estimate of drug-likeness (QED) is 0.465. The van der Waals surface area contributed by atoms with Gasteiger partial charge >= 0.3 is 16.5 Å². The number of carbonyl (C=O) groups is 1. The Hall–Kier alpha value is -1.40. The predicted octanol–water partition coefficient (Wildman–Crippen LogP) is 3.89. The van der Waals surface area contributed by atoms with Crippen LogP contribution in [-0.2, 0) is 15.2 Å². The number of halogens is 1. The van der Waals surface area contributed by atoms with Crippen molar-refractivity contribution in [2.45, 2.75) is 33.1 Å². The van der Waals surface area contributed by atoms with Crippen LogP contribution in [0.2, 0.25) is 0 Å². The van der Waals surface area contributed by atoms with Crippen LogP contribution >= 0.6 is 11.6 Å². The van der Waals surface area contributed by atoms with Crippen molar-refractivity contribution < 1.29 is 17.9 Å². The fraction of sp³-hybridized carbons (Fsp3) is 0.500. The van der Waals surface area contributed by atoms with Gasteiger partial charge in [-0.1, -0.05) is 19.8 Å². The number of methoxy groups -OCH3 is 1. The highest BCUT2D eigenvalue weighted by molar-refractivity contribution is 7.61. The van der Waals surface area contributed by atoms with Crippen molar-refractivity contribution in [3.63, 3.8) is 0 Å². The van der Waals surface area contributed by atoms with E-state index >= 15 is 0 Å². The molecule has 0 N–H and O–H groups in total. The number of hydrogen-bond acceptors (Lipinski definition) is 5. The van der Waals surface area contributed by atoms with Crippen LogP contribution in [0.15, 0.2) is 22.6 Å². The Balaban J connectivity index is 0.000000567. The van der Waals surface area contributed by atoms with Crippen LogP contribution in [0.5, 0.6) is 0 Å². The first-order valence-electron chi connectivity index (χ1n) is 6.52. The second kappa shape index (κ2) is 11.3. The van der Waals surface area contributed by atoms with Crippen LogP contribution in [0, 0.1) is 6.92 Å². The minimum Gasteiger partial charge on any atom is -0.465 e. The third-order valence-electron chi connectivity index (χ3n) is 2.53. The first kappa shape index (κ1) is 19.6. The van der Waals surface area contributed by atoms with E-state index in [1.165, 1.54) is 44.6 Å². The molecule has 1 aromatic rings. The van der Waals surface area contributed by atoms with Gasteiger partial charge in [0.25, 0.3) is 0 Å². The number of ether oxygens (including phenoxy) is 1. The Morgan fingerprint density at radius 2 is 2.00 bits per heavy atom. The summed E-state index contributed by atoms with van der Waals surface area (Å²) in [6, 6.07) is 4.44. The minimum absolute atomic E-state index is 0.316. The average Bonchev–Trinajstić information content (AvgIpc) is 2.46. The van der Waals surface area contributed by atoms with Gasteiger partial charge in [-0.2, -0.15) is 8.42 Å². The SMILES string of the molecule is CCCCCCl.COC(=O)c1ccc(N=S(=O)=O)c(C)c1. The predicted molar refractivity (Wildman–Crippen MR) is 83.8 cm³/mol. The minimum atomic E-state index is -2.49. The molecule has 0 fully saturated rings. The van der Waals surface area contributed by atoms with Crippen molar-refractivity contribution in [3.8, 4) is 0 Å².